The van der Waals surface area contributed by atoms with Crippen LogP contribution in [0.25, 0.3) is 0 Å². The van der Waals surface area contributed by atoms with Crippen molar-refractivity contribution in [1.82, 2.24) is 0 Å². The molecule has 0 aliphatic heterocycles. The summed E-state index contributed by atoms with van der Waals surface area (Å²) < 4.78 is 0. The highest BCUT2D eigenvalue weighted by Crippen LogP contribution is 2.26. The van der Waals surface area contributed by atoms with Crippen LogP contribution < -0.4 is 4.90 Å². The van der Waals surface area contributed by atoms with Crippen molar-refractivity contribution in [2.45, 2.75) is 6.92 Å². The van der Waals surface area contributed by atoms with Gasteiger partial charge in [0, 0.05) is 26.8 Å². The smallest absolute Gasteiger partial charge is 0.0883 e. The summed E-state index contributed by atoms with van der Waals surface area (Å²) in [6, 6.07) is 13.7. The van der Waals surface area contributed by atoms with Gasteiger partial charge in [-0.05, 0) is 55.0 Å². The van der Waals surface area contributed by atoms with Gasteiger partial charge in [0.25, 0.3) is 0 Å². The molecule has 0 unspecified atom stereocenters. The van der Waals surface area contributed by atoms with Gasteiger partial charge in [-0.15, -0.1) is 0 Å². The van der Waals surface area contributed by atoms with E-state index in [1.54, 1.807) is 7.05 Å². The lowest BCUT2D eigenvalue weighted by Gasteiger charge is -2.11. The molecule has 108 valence electrons. The summed E-state index contributed by atoms with van der Waals surface area (Å²) in [4.78, 5) is 2.05. The molecule has 0 atom stereocenters. The maximum atomic E-state index is 4.25. The molecular formula is C16H19N5. The number of aryl methyl sites for hydroxylation is 1. The molecule has 0 fully saturated rings. The highest BCUT2D eigenvalue weighted by Gasteiger charge is 1.99. The summed E-state index contributed by atoms with van der Waals surface area (Å²) in [5.74, 6) is 0. The molecule has 0 heterocycles. The molecule has 2 rings (SSSR count). The molecule has 5 heteroatoms. The van der Waals surface area contributed by atoms with Gasteiger partial charge in [0.1, 0.15) is 0 Å². The fraction of sp³-hybridized carbons (Fsp3) is 0.250. The number of azo groups is 2. The normalized spacial score (nSPS) is 11.4. The van der Waals surface area contributed by atoms with Crippen LogP contribution in [0.15, 0.2) is 62.9 Å². The van der Waals surface area contributed by atoms with Crippen molar-refractivity contribution in [3.05, 3.63) is 48.0 Å². The highest BCUT2D eigenvalue weighted by molar-refractivity contribution is 5.54. The van der Waals surface area contributed by atoms with Crippen LogP contribution in [0.1, 0.15) is 5.56 Å². The molecule has 0 aliphatic carbocycles. The number of nitrogens with zero attached hydrogens (tertiary/aromatic N) is 5. The number of benzene rings is 2. The van der Waals surface area contributed by atoms with Crippen LogP contribution in [-0.2, 0) is 0 Å². The second kappa shape index (κ2) is 6.74. The summed E-state index contributed by atoms with van der Waals surface area (Å²) in [7, 11) is 5.67. The average Bonchev–Trinajstić information content (AvgIpc) is 2.48. The Bertz CT molecular complexity index is 657. The first-order valence-electron chi connectivity index (χ1n) is 6.70. The first-order valence-corrected chi connectivity index (χ1v) is 6.70. The van der Waals surface area contributed by atoms with Gasteiger partial charge in [0.2, 0.25) is 0 Å². The fourth-order valence-electron chi connectivity index (χ4n) is 1.85. The molecule has 0 radical (unpaired) electrons. The minimum absolute atomic E-state index is 0.805. The number of hydrogen-bond acceptors (Lipinski definition) is 5. The molecule has 0 saturated heterocycles. The third kappa shape index (κ3) is 3.95. The van der Waals surface area contributed by atoms with Crippen LogP contribution in [-0.4, -0.2) is 21.1 Å². The maximum Gasteiger partial charge on any atom is 0.0883 e. The van der Waals surface area contributed by atoms with Gasteiger partial charge in [0.05, 0.1) is 17.1 Å². The summed E-state index contributed by atoms with van der Waals surface area (Å²) in [6.45, 7) is 1.98. The predicted molar refractivity (Wildman–Crippen MR) is 86.6 cm³/mol. The molecular weight excluding hydrogens is 262 g/mol. The van der Waals surface area contributed by atoms with Crippen LogP contribution >= 0.6 is 0 Å². The second-order valence-electron chi connectivity index (χ2n) is 4.88. The van der Waals surface area contributed by atoms with Gasteiger partial charge in [-0.2, -0.15) is 20.5 Å². The van der Waals surface area contributed by atoms with E-state index in [-0.39, 0.29) is 0 Å². The first-order chi connectivity index (χ1) is 10.1. The predicted octanol–water partition coefficient (Wildman–Crippen LogP) is 5.19. The zero-order chi connectivity index (χ0) is 15.2. The number of anilines is 1. The quantitative estimate of drug-likeness (QED) is 0.711. The average molecular weight is 281 g/mol. The molecule has 0 N–H and O–H groups in total. The van der Waals surface area contributed by atoms with E-state index in [1.807, 2.05) is 68.4 Å². The molecule has 0 amide bonds. The van der Waals surface area contributed by atoms with Crippen molar-refractivity contribution in [2.24, 2.45) is 20.5 Å². The SMILES string of the molecule is CN=Nc1ccc(N=Nc2ccc(N(C)C)cc2)cc1C. The third-order valence-corrected chi connectivity index (χ3v) is 3.04. The van der Waals surface area contributed by atoms with Crippen molar-refractivity contribution >= 4 is 22.7 Å². The van der Waals surface area contributed by atoms with Crippen molar-refractivity contribution in [2.75, 3.05) is 26.0 Å². The van der Waals surface area contributed by atoms with E-state index in [0.29, 0.717) is 0 Å². The number of hydrogen-bond donors (Lipinski definition) is 0. The van der Waals surface area contributed by atoms with Crippen LogP contribution in [0.4, 0.5) is 22.7 Å². The summed E-state index contributed by atoms with van der Waals surface area (Å²) in [5, 5.41) is 16.3. The first kappa shape index (κ1) is 14.8. The fourth-order valence-corrected chi connectivity index (χ4v) is 1.85. The maximum absolute atomic E-state index is 4.25. The molecule has 21 heavy (non-hydrogen) atoms. The van der Waals surface area contributed by atoms with Crippen molar-refractivity contribution in [3.8, 4) is 0 Å². The zero-order valence-corrected chi connectivity index (χ0v) is 12.8. The highest BCUT2D eigenvalue weighted by atomic mass is 15.1. The zero-order valence-electron chi connectivity index (χ0n) is 12.8. The van der Waals surface area contributed by atoms with E-state index in [4.69, 9.17) is 0 Å². The van der Waals surface area contributed by atoms with E-state index in [1.165, 1.54) is 0 Å². The van der Waals surface area contributed by atoms with Crippen LogP contribution in [0.5, 0.6) is 0 Å². The standard InChI is InChI=1S/C16H19N5/c1-12-11-14(7-10-16(12)20-17-2)19-18-13-5-8-15(9-6-13)21(3)4/h5-11H,1-4H3. The van der Waals surface area contributed by atoms with Gasteiger partial charge in [-0.1, -0.05) is 0 Å². The lowest BCUT2D eigenvalue weighted by Crippen LogP contribution is -2.07. The Morgan fingerprint density at radius 3 is 2.00 bits per heavy atom. The topological polar surface area (TPSA) is 52.7 Å². The molecule has 0 spiro atoms. The Balaban J connectivity index is 2.15. The molecule has 0 aromatic heterocycles. The molecule has 0 saturated carbocycles. The van der Waals surface area contributed by atoms with Crippen LogP contribution in [0.2, 0.25) is 0 Å². The molecule has 0 aliphatic rings. The molecule has 5 nitrogen and oxygen atoms in total. The molecule has 0 bridgehead atoms. The Hall–Kier alpha value is -2.56. The van der Waals surface area contributed by atoms with Gasteiger partial charge in [-0.3, -0.25) is 0 Å². The van der Waals surface area contributed by atoms with Gasteiger partial charge >= 0.3 is 0 Å². The Kier molecular flexibility index (Phi) is 4.77. The second-order valence-corrected chi connectivity index (χ2v) is 4.88. The summed E-state index contributed by atoms with van der Waals surface area (Å²) in [5.41, 5.74) is 4.65. The van der Waals surface area contributed by atoms with Crippen LogP contribution in [0, 0.1) is 6.92 Å². The lowest BCUT2D eigenvalue weighted by atomic mass is 10.2. The summed E-state index contributed by atoms with van der Waals surface area (Å²) in [6.07, 6.45) is 0. The monoisotopic (exact) mass is 281 g/mol. The lowest BCUT2D eigenvalue weighted by molar-refractivity contribution is 1.13. The van der Waals surface area contributed by atoms with Crippen molar-refractivity contribution in [1.29, 1.82) is 0 Å². The largest absolute Gasteiger partial charge is 0.378 e. The van der Waals surface area contributed by atoms with Crippen molar-refractivity contribution in [3.63, 3.8) is 0 Å². The van der Waals surface area contributed by atoms with E-state index in [9.17, 15) is 0 Å². The minimum Gasteiger partial charge on any atom is -0.378 e. The van der Waals surface area contributed by atoms with Crippen LogP contribution in [0.3, 0.4) is 0 Å². The number of rotatable bonds is 4. The van der Waals surface area contributed by atoms with E-state index < -0.39 is 0 Å². The Morgan fingerprint density at radius 2 is 1.43 bits per heavy atom. The van der Waals surface area contributed by atoms with Gasteiger partial charge in [0.15, 0.2) is 0 Å². The molecule has 2 aromatic carbocycles. The van der Waals surface area contributed by atoms with Gasteiger partial charge < -0.3 is 4.90 Å². The molecule has 2 aromatic rings. The Labute approximate surface area is 125 Å². The third-order valence-electron chi connectivity index (χ3n) is 3.04. The van der Waals surface area contributed by atoms with E-state index >= 15 is 0 Å². The van der Waals surface area contributed by atoms with E-state index in [0.717, 1.165) is 28.3 Å². The summed E-state index contributed by atoms with van der Waals surface area (Å²) >= 11 is 0. The van der Waals surface area contributed by atoms with Gasteiger partial charge in [-0.25, -0.2) is 0 Å². The van der Waals surface area contributed by atoms with E-state index in [2.05, 4.69) is 20.5 Å². The Morgan fingerprint density at radius 1 is 0.810 bits per heavy atom. The minimum atomic E-state index is 0.805. The van der Waals surface area contributed by atoms with Crippen molar-refractivity contribution < 1.29 is 0 Å².